The van der Waals surface area contributed by atoms with Crippen LogP contribution in [0.1, 0.15) is 0 Å². The minimum atomic E-state index is -0.965. The van der Waals surface area contributed by atoms with Crippen molar-refractivity contribution in [2.75, 3.05) is 20.4 Å². The van der Waals surface area contributed by atoms with Crippen LogP contribution in [0.3, 0.4) is 0 Å². The monoisotopic (exact) mass is 125 g/mol. The summed E-state index contributed by atoms with van der Waals surface area (Å²) in [5, 5.41) is 3.21. The Morgan fingerprint density at radius 2 is 1.67 bits per heavy atom. The second-order valence-electron chi connectivity index (χ2n) is 1.97. The standard InChI is InChI=1S/C3H13NP2/c1-4-6(2,3)5/h4,6H,5H2,1-3H3. The molecule has 1 nitrogen and oxygen atoms in total. The summed E-state index contributed by atoms with van der Waals surface area (Å²) in [7, 11) is 3.85. The van der Waals surface area contributed by atoms with Crippen molar-refractivity contribution in [3.8, 4) is 0 Å². The molecule has 0 aliphatic rings. The van der Waals surface area contributed by atoms with Crippen LogP contribution < -0.4 is 5.09 Å². The Balaban J connectivity index is 3.17. The fourth-order valence-corrected chi connectivity index (χ4v) is 0. The molecule has 6 heavy (non-hydrogen) atoms. The Bertz CT molecular complexity index is 38.5. The van der Waals surface area contributed by atoms with Gasteiger partial charge in [-0.25, -0.2) is 0 Å². The summed E-state index contributed by atoms with van der Waals surface area (Å²) >= 11 is 0. The average molecular weight is 125 g/mol. The quantitative estimate of drug-likeness (QED) is 0.514. The molecule has 0 aromatic rings. The van der Waals surface area contributed by atoms with E-state index < -0.39 is 7.10 Å². The van der Waals surface area contributed by atoms with Crippen molar-refractivity contribution in [2.24, 2.45) is 0 Å². The van der Waals surface area contributed by atoms with Crippen LogP contribution in [-0.2, 0) is 0 Å². The van der Waals surface area contributed by atoms with E-state index in [4.69, 9.17) is 0 Å². The summed E-state index contributed by atoms with van der Waals surface area (Å²) in [6.45, 7) is 4.47. The molecule has 0 spiro atoms. The second kappa shape index (κ2) is 2.21. The van der Waals surface area contributed by atoms with Crippen molar-refractivity contribution < 1.29 is 0 Å². The first-order chi connectivity index (χ1) is 2.56. The van der Waals surface area contributed by atoms with E-state index >= 15 is 0 Å². The summed E-state index contributed by atoms with van der Waals surface area (Å²) in [6, 6.07) is 0. The van der Waals surface area contributed by atoms with Crippen LogP contribution in [0.4, 0.5) is 0 Å². The SMILES string of the molecule is CN[PH](C)(C)P. The van der Waals surface area contributed by atoms with Crippen LogP contribution in [0.2, 0.25) is 0 Å². The third-order valence-corrected chi connectivity index (χ3v) is 2.80. The molecule has 0 bridgehead atoms. The molecule has 0 saturated carbocycles. The Kier molecular flexibility index (Phi) is 2.51. The first kappa shape index (κ1) is 6.82. The molecular formula is C3H13NP2. The summed E-state index contributed by atoms with van der Waals surface area (Å²) in [4.78, 5) is 0. The first-order valence-electron chi connectivity index (χ1n) is 2.04. The van der Waals surface area contributed by atoms with Crippen molar-refractivity contribution in [1.82, 2.24) is 5.09 Å². The van der Waals surface area contributed by atoms with Gasteiger partial charge in [-0.3, -0.25) is 0 Å². The third-order valence-electron chi connectivity index (χ3n) is 0.644. The van der Waals surface area contributed by atoms with Crippen LogP contribution in [0.5, 0.6) is 0 Å². The van der Waals surface area contributed by atoms with Gasteiger partial charge in [0.2, 0.25) is 0 Å². The fraction of sp³-hybridized carbons (Fsp3) is 1.00. The van der Waals surface area contributed by atoms with E-state index in [0.29, 0.717) is 0 Å². The maximum absolute atomic E-state index is 3.21. The molecule has 0 heterocycles. The van der Waals surface area contributed by atoms with E-state index in [0.717, 1.165) is 0 Å². The molecule has 0 aromatic carbocycles. The Labute approximate surface area is 42.4 Å². The molecule has 3 heteroatoms. The van der Waals surface area contributed by atoms with Gasteiger partial charge in [0.05, 0.1) is 0 Å². The molecule has 1 unspecified atom stereocenters. The van der Waals surface area contributed by atoms with Crippen LogP contribution in [0, 0.1) is 0 Å². The zero-order chi connectivity index (χ0) is 5.21. The summed E-state index contributed by atoms with van der Waals surface area (Å²) in [6.07, 6.45) is 0. The summed E-state index contributed by atoms with van der Waals surface area (Å²) in [5.74, 6) is 0. The molecule has 0 amide bonds. The van der Waals surface area contributed by atoms with Gasteiger partial charge < -0.3 is 0 Å². The molecular weight excluding hydrogens is 112 g/mol. The topological polar surface area (TPSA) is 12.0 Å². The third kappa shape index (κ3) is 4.82. The van der Waals surface area contributed by atoms with Gasteiger partial charge >= 0.3 is 41.5 Å². The number of nitrogens with one attached hydrogen (secondary N) is 1. The molecule has 1 atom stereocenters. The maximum atomic E-state index is 3.21. The van der Waals surface area contributed by atoms with Gasteiger partial charge in [-0.15, -0.1) is 0 Å². The molecule has 0 aliphatic heterocycles. The van der Waals surface area contributed by atoms with E-state index in [9.17, 15) is 0 Å². The summed E-state index contributed by atoms with van der Waals surface area (Å²) < 4.78 is 0. The number of hydrogen-bond donors (Lipinski definition) is 1. The van der Waals surface area contributed by atoms with Gasteiger partial charge in [0, 0.05) is 0 Å². The predicted octanol–water partition coefficient (Wildman–Crippen LogP) is 0.920. The van der Waals surface area contributed by atoms with Crippen molar-refractivity contribution in [3.05, 3.63) is 0 Å². The predicted molar refractivity (Wildman–Crippen MR) is 38.9 cm³/mol. The Morgan fingerprint density at radius 1 is 1.50 bits per heavy atom. The zero-order valence-electron chi connectivity index (χ0n) is 4.58. The van der Waals surface area contributed by atoms with Gasteiger partial charge in [0.1, 0.15) is 0 Å². The van der Waals surface area contributed by atoms with Crippen molar-refractivity contribution >= 4 is 16.0 Å². The average Bonchev–Trinajstić information content (AvgIpc) is 1.35. The molecule has 0 saturated heterocycles. The van der Waals surface area contributed by atoms with Crippen molar-refractivity contribution in [3.63, 3.8) is 0 Å². The van der Waals surface area contributed by atoms with Gasteiger partial charge in [0.15, 0.2) is 0 Å². The second-order valence-corrected chi connectivity index (χ2v) is 10.2. The van der Waals surface area contributed by atoms with Crippen LogP contribution in [0.25, 0.3) is 0 Å². The van der Waals surface area contributed by atoms with Gasteiger partial charge in [-0.1, -0.05) is 0 Å². The molecule has 0 radical (unpaired) electrons. The first-order valence-corrected chi connectivity index (χ1v) is 6.85. The van der Waals surface area contributed by atoms with Crippen molar-refractivity contribution in [1.29, 1.82) is 0 Å². The van der Waals surface area contributed by atoms with Crippen LogP contribution in [-0.4, -0.2) is 20.4 Å². The van der Waals surface area contributed by atoms with Crippen molar-refractivity contribution in [2.45, 2.75) is 0 Å². The van der Waals surface area contributed by atoms with Gasteiger partial charge in [-0.2, -0.15) is 0 Å². The fourth-order valence-electron chi connectivity index (χ4n) is 0. The Hall–Kier alpha value is 0.820. The molecule has 0 rings (SSSR count). The summed E-state index contributed by atoms with van der Waals surface area (Å²) in [5.41, 5.74) is 0. The van der Waals surface area contributed by atoms with E-state index in [1.54, 1.807) is 0 Å². The number of rotatable bonds is 1. The van der Waals surface area contributed by atoms with E-state index in [2.05, 4.69) is 27.3 Å². The van der Waals surface area contributed by atoms with Gasteiger partial charge in [0.25, 0.3) is 0 Å². The van der Waals surface area contributed by atoms with E-state index in [-0.39, 0.29) is 0 Å². The molecule has 0 fully saturated rings. The molecule has 1 N–H and O–H groups in total. The van der Waals surface area contributed by atoms with E-state index in [1.165, 1.54) is 0 Å². The number of hydrogen-bond acceptors (Lipinski definition) is 1. The molecule has 40 valence electrons. The zero-order valence-corrected chi connectivity index (χ0v) is 6.73. The molecule has 0 aliphatic carbocycles. The Morgan fingerprint density at radius 3 is 1.67 bits per heavy atom. The van der Waals surface area contributed by atoms with E-state index in [1.807, 2.05) is 7.05 Å². The minimum absolute atomic E-state index is 0.965. The molecule has 0 aromatic heterocycles. The normalized spacial score (nSPS) is 14.7. The van der Waals surface area contributed by atoms with Gasteiger partial charge in [-0.05, 0) is 0 Å². The van der Waals surface area contributed by atoms with Crippen LogP contribution >= 0.6 is 16.0 Å². The van der Waals surface area contributed by atoms with Crippen LogP contribution in [0.15, 0.2) is 0 Å².